The third-order valence-corrected chi connectivity index (χ3v) is 2.53. The zero-order valence-electron chi connectivity index (χ0n) is 12.0. The predicted octanol–water partition coefficient (Wildman–Crippen LogP) is 1.49. The van der Waals surface area contributed by atoms with E-state index < -0.39 is 23.7 Å². The first kappa shape index (κ1) is 13.1. The highest BCUT2D eigenvalue weighted by molar-refractivity contribution is 5.81. The normalized spacial score (nSPS) is 24.8. The van der Waals surface area contributed by atoms with E-state index in [4.69, 9.17) is 16.0 Å². The molecule has 0 aromatic carbocycles. The fraction of sp³-hybridized carbons (Fsp3) is 0.833. The van der Waals surface area contributed by atoms with Crippen LogP contribution >= 0.6 is 0 Å². The van der Waals surface area contributed by atoms with Gasteiger partial charge in [-0.3, -0.25) is 4.90 Å². The van der Waals surface area contributed by atoms with Crippen LogP contribution in [0.1, 0.15) is 35.5 Å². The molecule has 2 atom stereocenters. The van der Waals surface area contributed by atoms with Gasteiger partial charge in [-0.05, 0) is 27.7 Å². The molecule has 0 aliphatic carbocycles. The van der Waals surface area contributed by atoms with Gasteiger partial charge in [-0.25, -0.2) is 9.59 Å². The van der Waals surface area contributed by atoms with Crippen molar-refractivity contribution in [1.29, 1.82) is 0 Å². The summed E-state index contributed by atoms with van der Waals surface area (Å²) >= 11 is 0. The molecule has 1 fully saturated rings. The lowest BCUT2D eigenvalue weighted by atomic mass is 10.2. The molecule has 1 saturated heterocycles. The summed E-state index contributed by atoms with van der Waals surface area (Å²) in [4.78, 5) is 24.3. The molecule has 1 unspecified atom stereocenters. The number of carbonyl (C=O) groups is 2. The second-order valence-electron chi connectivity index (χ2n) is 5.22. The molecule has 6 nitrogen and oxygen atoms in total. The van der Waals surface area contributed by atoms with Crippen molar-refractivity contribution in [2.75, 3.05) is 13.2 Å². The lowest BCUT2D eigenvalue weighted by molar-refractivity contribution is -0.142. The predicted molar refractivity (Wildman–Crippen MR) is 64.4 cm³/mol. The number of rotatable bonds is 3. The molecule has 0 aromatic heterocycles. The van der Waals surface area contributed by atoms with Crippen LogP contribution in [-0.2, 0) is 14.3 Å². The van der Waals surface area contributed by atoms with E-state index in [1.54, 1.807) is 20.8 Å². The van der Waals surface area contributed by atoms with E-state index in [2.05, 4.69) is 0 Å². The van der Waals surface area contributed by atoms with Crippen molar-refractivity contribution in [3.8, 4) is 0 Å². The van der Waals surface area contributed by atoms with Crippen LogP contribution in [0.3, 0.4) is 0 Å². The average molecular weight is 260 g/mol. The number of ether oxygens (including phenoxy) is 2. The van der Waals surface area contributed by atoms with Crippen molar-refractivity contribution >= 4 is 12.1 Å². The Morgan fingerprint density at radius 1 is 1.50 bits per heavy atom. The van der Waals surface area contributed by atoms with Gasteiger partial charge in [0.15, 0.2) is 0 Å². The molecule has 18 heavy (non-hydrogen) atoms. The molecule has 104 valence electrons. The Morgan fingerprint density at radius 3 is 2.67 bits per heavy atom. The molecule has 0 bridgehead atoms. The summed E-state index contributed by atoms with van der Waals surface area (Å²) in [5.41, 5.74) is -0.666. The minimum atomic E-state index is -1.07. The smallest absolute Gasteiger partial charge is 0.411 e. The van der Waals surface area contributed by atoms with Crippen molar-refractivity contribution in [1.82, 2.24) is 4.90 Å². The van der Waals surface area contributed by atoms with Crippen LogP contribution in [-0.4, -0.2) is 53.0 Å². The van der Waals surface area contributed by atoms with Crippen LogP contribution in [0, 0.1) is 0 Å². The Kier molecular flexibility index (Phi) is 4.06. The first-order valence-corrected chi connectivity index (χ1v) is 5.88. The topological polar surface area (TPSA) is 76.1 Å². The van der Waals surface area contributed by atoms with Gasteiger partial charge in [-0.1, -0.05) is 0 Å². The van der Waals surface area contributed by atoms with Gasteiger partial charge < -0.3 is 14.6 Å². The molecule has 1 heterocycles. The van der Waals surface area contributed by atoms with Crippen molar-refractivity contribution in [2.24, 2.45) is 0 Å². The van der Waals surface area contributed by atoms with Gasteiger partial charge in [-0.2, -0.15) is 0 Å². The standard InChI is InChI=1S/C12H21NO5/c1-5-17-8-6-9(10(14)15)13(7-8)11(16)18-12(2,3)4/h8-9H,5-7H2,1-4H3,(H,14,15)/t8?,9-/m0/s1/i1D. The van der Waals surface area contributed by atoms with Gasteiger partial charge in [0.1, 0.15) is 11.6 Å². The number of aliphatic carboxylic acids is 1. The van der Waals surface area contributed by atoms with Gasteiger partial charge in [0.25, 0.3) is 0 Å². The summed E-state index contributed by atoms with van der Waals surface area (Å²) in [6.07, 6.45) is -0.759. The van der Waals surface area contributed by atoms with E-state index in [0.717, 1.165) is 0 Å². The second kappa shape index (κ2) is 5.56. The number of amides is 1. The molecule has 0 radical (unpaired) electrons. The number of hydrogen-bond acceptors (Lipinski definition) is 4. The minimum absolute atomic E-state index is 0.112. The number of likely N-dealkylation sites (tertiary alicyclic amines) is 1. The van der Waals surface area contributed by atoms with E-state index in [9.17, 15) is 9.59 Å². The Bertz CT molecular complexity index is 342. The van der Waals surface area contributed by atoms with Crippen LogP contribution in [0.25, 0.3) is 0 Å². The van der Waals surface area contributed by atoms with E-state index in [1.165, 1.54) is 4.90 Å². The largest absolute Gasteiger partial charge is 0.480 e. The molecule has 0 aromatic rings. The van der Waals surface area contributed by atoms with Crippen LogP contribution in [0.5, 0.6) is 0 Å². The SMILES string of the molecule is [2H]CCOC1C[C@@H](C(=O)O)N(C(=O)OC(C)(C)C)C1. The van der Waals surface area contributed by atoms with Crippen LogP contribution in [0.4, 0.5) is 4.79 Å². The summed E-state index contributed by atoms with van der Waals surface area (Å²) < 4.78 is 17.5. The van der Waals surface area contributed by atoms with Crippen molar-refractivity contribution in [2.45, 2.75) is 51.8 Å². The minimum Gasteiger partial charge on any atom is -0.480 e. The fourth-order valence-corrected chi connectivity index (χ4v) is 1.84. The molecule has 1 rings (SSSR count). The Hall–Kier alpha value is -1.30. The van der Waals surface area contributed by atoms with E-state index in [0.29, 0.717) is 0 Å². The Morgan fingerprint density at radius 2 is 2.17 bits per heavy atom. The highest BCUT2D eigenvalue weighted by atomic mass is 16.6. The van der Waals surface area contributed by atoms with Gasteiger partial charge in [0, 0.05) is 14.4 Å². The fourth-order valence-electron chi connectivity index (χ4n) is 1.84. The molecule has 1 N–H and O–H groups in total. The first-order valence-electron chi connectivity index (χ1n) is 6.58. The summed E-state index contributed by atoms with van der Waals surface area (Å²) in [5, 5.41) is 9.13. The number of carboxylic acids is 1. The molecule has 0 saturated carbocycles. The number of nitrogens with zero attached hydrogens (tertiary/aromatic N) is 1. The molecule has 1 aliphatic rings. The first-order chi connectivity index (χ1) is 8.74. The van der Waals surface area contributed by atoms with E-state index >= 15 is 0 Å². The maximum absolute atomic E-state index is 11.9. The second-order valence-corrected chi connectivity index (χ2v) is 5.22. The van der Waals surface area contributed by atoms with Crippen molar-refractivity contribution in [3.63, 3.8) is 0 Å². The zero-order chi connectivity index (χ0) is 14.6. The molecule has 1 amide bonds. The Balaban J connectivity index is 2.68. The van der Waals surface area contributed by atoms with Crippen LogP contribution < -0.4 is 0 Å². The summed E-state index contributed by atoms with van der Waals surface area (Å²) in [6.45, 7) is 5.71. The molecular weight excluding hydrogens is 238 g/mol. The van der Waals surface area contributed by atoms with Crippen molar-refractivity contribution < 1.29 is 25.5 Å². The highest BCUT2D eigenvalue weighted by Crippen LogP contribution is 2.23. The average Bonchev–Trinajstić information content (AvgIpc) is 2.68. The molecular formula is C12H21NO5. The third-order valence-electron chi connectivity index (χ3n) is 2.53. The summed E-state index contributed by atoms with van der Waals surface area (Å²) in [7, 11) is 0. The zero-order valence-corrected chi connectivity index (χ0v) is 11.0. The monoisotopic (exact) mass is 260 g/mol. The third kappa shape index (κ3) is 3.87. The van der Waals surface area contributed by atoms with Crippen molar-refractivity contribution in [3.05, 3.63) is 0 Å². The molecule has 1 aliphatic heterocycles. The maximum atomic E-state index is 11.9. The molecule has 0 spiro atoms. The highest BCUT2D eigenvalue weighted by Gasteiger charge is 2.41. The van der Waals surface area contributed by atoms with E-state index in [-0.39, 0.29) is 32.6 Å². The number of hydrogen-bond donors (Lipinski definition) is 1. The van der Waals surface area contributed by atoms with Gasteiger partial charge in [0.2, 0.25) is 0 Å². The lowest BCUT2D eigenvalue weighted by Crippen LogP contribution is -2.43. The van der Waals surface area contributed by atoms with Gasteiger partial charge in [-0.15, -0.1) is 0 Å². The van der Waals surface area contributed by atoms with Gasteiger partial charge >= 0.3 is 12.1 Å². The van der Waals surface area contributed by atoms with Crippen LogP contribution in [0.2, 0.25) is 0 Å². The van der Waals surface area contributed by atoms with Crippen LogP contribution in [0.15, 0.2) is 0 Å². The lowest BCUT2D eigenvalue weighted by Gasteiger charge is -2.26. The number of carbonyl (C=O) groups excluding carboxylic acids is 1. The Labute approximate surface area is 108 Å². The quantitative estimate of drug-likeness (QED) is 0.832. The summed E-state index contributed by atoms with van der Waals surface area (Å²) in [5.74, 6) is -1.07. The molecule has 6 heteroatoms. The van der Waals surface area contributed by atoms with Gasteiger partial charge in [0.05, 0.1) is 12.6 Å². The summed E-state index contributed by atoms with van der Waals surface area (Å²) in [6, 6.07) is -0.925. The maximum Gasteiger partial charge on any atom is 0.411 e. The van der Waals surface area contributed by atoms with E-state index in [1.807, 2.05) is 0 Å². The number of carboxylic acid groups (broad SMARTS) is 1.